The summed E-state index contributed by atoms with van der Waals surface area (Å²) >= 11 is 0. The van der Waals surface area contributed by atoms with Gasteiger partial charge >= 0.3 is 0 Å². The smallest absolute Gasteiger partial charge is 0.188 e. The fourth-order valence-corrected chi connectivity index (χ4v) is 2.26. The van der Waals surface area contributed by atoms with Crippen molar-refractivity contribution in [2.45, 2.75) is 39.2 Å². The first kappa shape index (κ1) is 17.0. The summed E-state index contributed by atoms with van der Waals surface area (Å²) in [6, 6.07) is 9.63. The van der Waals surface area contributed by atoms with Gasteiger partial charge in [0.2, 0.25) is 0 Å². The van der Waals surface area contributed by atoms with E-state index in [1.54, 1.807) is 11.8 Å². The number of nitriles is 1. The molecule has 0 radical (unpaired) electrons. The summed E-state index contributed by atoms with van der Waals surface area (Å²) in [6.07, 6.45) is 4.74. The van der Waals surface area contributed by atoms with E-state index in [0.717, 1.165) is 24.5 Å². The van der Waals surface area contributed by atoms with Gasteiger partial charge in [-0.25, -0.2) is 4.68 Å². The van der Waals surface area contributed by atoms with E-state index in [1.165, 1.54) is 19.3 Å². The van der Waals surface area contributed by atoms with Crippen molar-refractivity contribution in [1.29, 1.82) is 5.26 Å². The summed E-state index contributed by atoms with van der Waals surface area (Å²) in [5.41, 5.74) is 1.75. The molecule has 0 aliphatic carbocycles. The normalized spacial score (nSPS) is 10.5. The molecule has 0 N–H and O–H groups in total. The quantitative estimate of drug-likeness (QED) is 0.664. The molecule has 0 atom stereocenters. The molecule has 0 aliphatic heterocycles. The summed E-state index contributed by atoms with van der Waals surface area (Å²) < 4.78 is 12.5. The Labute approximate surface area is 136 Å². The summed E-state index contributed by atoms with van der Waals surface area (Å²) in [4.78, 5) is 0. The first-order valence-corrected chi connectivity index (χ1v) is 7.87. The fraction of sp³-hybridized carbons (Fsp3) is 0.471. The minimum absolute atomic E-state index is 0.281. The lowest BCUT2D eigenvalue weighted by Crippen LogP contribution is -2.04. The number of rotatable bonds is 9. The van der Waals surface area contributed by atoms with Gasteiger partial charge in [0.1, 0.15) is 17.5 Å². The molecule has 0 aliphatic rings. The Hall–Kier alpha value is -2.39. The lowest BCUT2D eigenvalue weighted by molar-refractivity contribution is 0.179. The van der Waals surface area contributed by atoms with Crippen LogP contribution in [0.1, 0.15) is 44.0 Å². The van der Waals surface area contributed by atoms with Gasteiger partial charge in [-0.15, -0.1) is 5.10 Å². The van der Waals surface area contributed by atoms with Gasteiger partial charge in [0, 0.05) is 7.11 Å². The van der Waals surface area contributed by atoms with Gasteiger partial charge in [-0.05, 0) is 30.7 Å². The molecule has 0 unspecified atom stereocenters. The van der Waals surface area contributed by atoms with E-state index in [2.05, 4.69) is 17.2 Å². The minimum Gasteiger partial charge on any atom is -0.494 e. The number of benzene rings is 1. The molecule has 0 fully saturated rings. The molecule has 0 bridgehead atoms. The summed E-state index contributed by atoms with van der Waals surface area (Å²) in [6.45, 7) is 3.21. The van der Waals surface area contributed by atoms with Crippen molar-refractivity contribution in [3.63, 3.8) is 0 Å². The fourth-order valence-electron chi connectivity index (χ4n) is 2.26. The van der Waals surface area contributed by atoms with Gasteiger partial charge in [0.05, 0.1) is 18.9 Å². The van der Waals surface area contributed by atoms with Gasteiger partial charge in [0.15, 0.2) is 5.69 Å². The molecule has 1 heterocycles. The van der Waals surface area contributed by atoms with Crippen molar-refractivity contribution in [2.75, 3.05) is 13.7 Å². The SMILES string of the molecule is CCCCCCOc1ccc(-n2nnc(C#N)c2COC)cc1. The maximum Gasteiger partial charge on any atom is 0.188 e. The number of nitrogens with zero attached hydrogens (tertiary/aromatic N) is 4. The van der Waals surface area contributed by atoms with E-state index in [0.29, 0.717) is 5.69 Å². The zero-order valence-electron chi connectivity index (χ0n) is 13.7. The lowest BCUT2D eigenvalue weighted by Gasteiger charge is -2.08. The highest BCUT2D eigenvalue weighted by atomic mass is 16.5. The third-order valence-corrected chi connectivity index (χ3v) is 3.50. The van der Waals surface area contributed by atoms with Crippen LogP contribution < -0.4 is 4.74 Å². The zero-order valence-corrected chi connectivity index (χ0v) is 13.7. The van der Waals surface area contributed by atoms with Crippen LogP contribution in [-0.4, -0.2) is 28.7 Å². The number of hydrogen-bond acceptors (Lipinski definition) is 5. The van der Waals surface area contributed by atoms with E-state index in [4.69, 9.17) is 14.7 Å². The number of ether oxygens (including phenoxy) is 2. The zero-order chi connectivity index (χ0) is 16.5. The Morgan fingerprint density at radius 2 is 1.96 bits per heavy atom. The van der Waals surface area contributed by atoms with E-state index < -0.39 is 0 Å². The molecular formula is C17H22N4O2. The van der Waals surface area contributed by atoms with Crippen molar-refractivity contribution in [2.24, 2.45) is 0 Å². The van der Waals surface area contributed by atoms with E-state index >= 15 is 0 Å². The maximum absolute atomic E-state index is 9.07. The molecule has 0 spiro atoms. The van der Waals surface area contributed by atoms with E-state index in [-0.39, 0.29) is 12.3 Å². The van der Waals surface area contributed by atoms with Gasteiger partial charge in [0.25, 0.3) is 0 Å². The van der Waals surface area contributed by atoms with Crippen LogP contribution >= 0.6 is 0 Å². The van der Waals surface area contributed by atoms with Crippen LogP contribution in [0.25, 0.3) is 5.69 Å². The standard InChI is InChI=1S/C17H22N4O2/c1-3-4-5-6-11-23-15-9-7-14(8-10-15)21-17(13-22-2)16(12-18)19-20-21/h7-10H,3-6,11,13H2,1-2H3. The molecule has 0 saturated carbocycles. The molecule has 2 aromatic rings. The van der Waals surface area contributed by atoms with Gasteiger partial charge in [-0.3, -0.25) is 0 Å². The van der Waals surface area contributed by atoms with Gasteiger partial charge in [-0.2, -0.15) is 5.26 Å². The van der Waals surface area contributed by atoms with Crippen molar-refractivity contribution < 1.29 is 9.47 Å². The predicted molar refractivity (Wildman–Crippen MR) is 86.4 cm³/mol. The first-order chi connectivity index (χ1) is 11.3. The molecule has 1 aromatic heterocycles. The highest BCUT2D eigenvalue weighted by Crippen LogP contribution is 2.18. The molecule has 6 heteroatoms. The molecule has 6 nitrogen and oxygen atoms in total. The first-order valence-electron chi connectivity index (χ1n) is 7.87. The van der Waals surface area contributed by atoms with Crippen LogP contribution in [-0.2, 0) is 11.3 Å². The molecule has 2 rings (SSSR count). The van der Waals surface area contributed by atoms with Crippen molar-refractivity contribution >= 4 is 0 Å². The molecule has 1 aromatic carbocycles. The van der Waals surface area contributed by atoms with Crippen molar-refractivity contribution in [3.8, 4) is 17.5 Å². The summed E-state index contributed by atoms with van der Waals surface area (Å²) in [7, 11) is 1.58. The predicted octanol–water partition coefficient (Wildman–Crippen LogP) is 3.24. The minimum atomic E-state index is 0.281. The number of unbranched alkanes of at least 4 members (excludes halogenated alkanes) is 3. The Morgan fingerprint density at radius 3 is 2.61 bits per heavy atom. The van der Waals surface area contributed by atoms with Crippen LogP contribution in [0, 0.1) is 11.3 Å². The van der Waals surface area contributed by atoms with Gasteiger partial charge in [-0.1, -0.05) is 31.4 Å². The Balaban J connectivity index is 2.02. The van der Waals surface area contributed by atoms with Crippen LogP contribution in [0.15, 0.2) is 24.3 Å². The molecule has 0 saturated heterocycles. The van der Waals surface area contributed by atoms with Gasteiger partial charge < -0.3 is 9.47 Å². The van der Waals surface area contributed by atoms with Crippen LogP contribution in [0.2, 0.25) is 0 Å². The van der Waals surface area contributed by atoms with E-state index in [1.807, 2.05) is 30.3 Å². The number of hydrogen-bond donors (Lipinski definition) is 0. The molecule has 23 heavy (non-hydrogen) atoms. The van der Waals surface area contributed by atoms with Crippen LogP contribution in [0.3, 0.4) is 0 Å². The maximum atomic E-state index is 9.07. The van der Waals surface area contributed by atoms with Crippen molar-refractivity contribution in [3.05, 3.63) is 35.7 Å². The summed E-state index contributed by atoms with van der Waals surface area (Å²) in [5.74, 6) is 0.833. The second kappa shape index (κ2) is 8.91. The van der Waals surface area contributed by atoms with E-state index in [9.17, 15) is 0 Å². The lowest BCUT2D eigenvalue weighted by atomic mass is 10.2. The van der Waals surface area contributed by atoms with Crippen LogP contribution in [0.4, 0.5) is 0 Å². The molecular weight excluding hydrogens is 292 g/mol. The second-order valence-corrected chi connectivity index (χ2v) is 5.24. The summed E-state index contributed by atoms with van der Waals surface area (Å²) in [5, 5.41) is 17.0. The molecule has 0 amide bonds. The molecule has 122 valence electrons. The Bertz CT molecular complexity index is 644. The Kier molecular flexibility index (Phi) is 6.57. The third-order valence-electron chi connectivity index (χ3n) is 3.50. The number of aromatic nitrogens is 3. The Morgan fingerprint density at radius 1 is 1.17 bits per heavy atom. The average molecular weight is 314 g/mol. The van der Waals surface area contributed by atoms with Crippen LogP contribution in [0.5, 0.6) is 5.75 Å². The third kappa shape index (κ3) is 4.54. The highest BCUT2D eigenvalue weighted by Gasteiger charge is 2.13. The topological polar surface area (TPSA) is 73.0 Å². The second-order valence-electron chi connectivity index (χ2n) is 5.24. The number of methoxy groups -OCH3 is 1. The largest absolute Gasteiger partial charge is 0.494 e. The van der Waals surface area contributed by atoms with Crippen molar-refractivity contribution in [1.82, 2.24) is 15.0 Å². The monoisotopic (exact) mass is 314 g/mol. The average Bonchev–Trinajstić information content (AvgIpc) is 2.98. The highest BCUT2D eigenvalue weighted by molar-refractivity contribution is 5.39.